The maximum absolute atomic E-state index is 12.7. The van der Waals surface area contributed by atoms with Gasteiger partial charge in [0.1, 0.15) is 16.4 Å². The number of methoxy groups -OCH3 is 2. The molecule has 2 aromatic rings. The van der Waals surface area contributed by atoms with Gasteiger partial charge in [0.05, 0.1) is 14.2 Å². The Kier molecular flexibility index (Phi) is 6.80. The van der Waals surface area contributed by atoms with Crippen LogP contribution in [0.25, 0.3) is 0 Å². The van der Waals surface area contributed by atoms with Crippen molar-refractivity contribution in [3.05, 3.63) is 48.0 Å². The summed E-state index contributed by atoms with van der Waals surface area (Å²) in [6.45, 7) is 2.54. The second kappa shape index (κ2) is 9.30. The molecule has 1 N–H and O–H groups in total. The highest BCUT2D eigenvalue weighted by Crippen LogP contribution is 2.28. The number of ether oxygens (including phenoxy) is 2. The number of piperidine rings is 1. The lowest BCUT2D eigenvalue weighted by atomic mass is 10.1. The van der Waals surface area contributed by atoms with E-state index in [1.54, 1.807) is 12.1 Å². The molecule has 0 spiro atoms. The lowest BCUT2D eigenvalue weighted by Gasteiger charge is -2.28. The third-order valence-electron chi connectivity index (χ3n) is 5.02. The topological polar surface area (TPSA) is 67.9 Å². The third kappa shape index (κ3) is 4.97. The number of anilines is 1. The van der Waals surface area contributed by atoms with Crippen LogP contribution in [-0.4, -0.2) is 42.3 Å². The number of benzene rings is 2. The van der Waals surface area contributed by atoms with Crippen LogP contribution in [0.5, 0.6) is 11.5 Å². The van der Waals surface area contributed by atoms with Gasteiger partial charge in [-0.1, -0.05) is 12.1 Å². The molecule has 7 heteroatoms. The van der Waals surface area contributed by atoms with Gasteiger partial charge in [-0.05, 0) is 55.5 Å². The average Bonchev–Trinajstić information content (AvgIpc) is 2.74. The van der Waals surface area contributed by atoms with Crippen LogP contribution in [-0.2, 0) is 16.4 Å². The highest BCUT2D eigenvalue weighted by Gasteiger charge is 2.20. The van der Waals surface area contributed by atoms with Crippen LogP contribution in [0.2, 0.25) is 0 Å². The van der Waals surface area contributed by atoms with E-state index in [1.165, 1.54) is 45.2 Å². The van der Waals surface area contributed by atoms with E-state index >= 15 is 0 Å². The Balaban J connectivity index is 1.61. The number of hydrogen-bond donors (Lipinski definition) is 1. The Morgan fingerprint density at radius 3 is 2.32 bits per heavy atom. The van der Waals surface area contributed by atoms with E-state index in [1.807, 2.05) is 0 Å². The summed E-state index contributed by atoms with van der Waals surface area (Å²) in [4.78, 5) is 2.49. The van der Waals surface area contributed by atoms with Gasteiger partial charge >= 0.3 is 0 Å². The van der Waals surface area contributed by atoms with Crippen LogP contribution in [0, 0.1) is 0 Å². The summed E-state index contributed by atoms with van der Waals surface area (Å²) in [6, 6.07) is 13.1. The second-order valence-electron chi connectivity index (χ2n) is 6.88. The smallest absolute Gasteiger partial charge is 0.244 e. The molecule has 0 aliphatic carbocycles. The van der Waals surface area contributed by atoms with Crippen LogP contribution < -0.4 is 19.1 Å². The molecule has 0 radical (unpaired) electrons. The van der Waals surface area contributed by atoms with Crippen LogP contribution in [0.3, 0.4) is 0 Å². The van der Waals surface area contributed by atoms with Gasteiger partial charge in [-0.2, -0.15) is 0 Å². The minimum Gasteiger partial charge on any atom is -0.497 e. The molecule has 0 amide bonds. The second-order valence-corrected chi connectivity index (χ2v) is 8.61. The zero-order chi connectivity index (χ0) is 20.0. The molecule has 1 aliphatic rings. The molecule has 0 saturated carbocycles. The quantitative estimate of drug-likeness (QED) is 0.732. The van der Waals surface area contributed by atoms with Crippen LogP contribution >= 0.6 is 0 Å². The fraction of sp³-hybridized carbons (Fsp3) is 0.429. The van der Waals surface area contributed by atoms with E-state index < -0.39 is 10.0 Å². The van der Waals surface area contributed by atoms with Gasteiger partial charge in [0, 0.05) is 31.4 Å². The molecule has 1 aliphatic heterocycles. The highest BCUT2D eigenvalue weighted by atomic mass is 32.2. The average molecular weight is 405 g/mol. The number of nitrogens with one attached hydrogen (secondary N) is 1. The SMILES string of the molecule is COc1ccc(OC)c(S(=O)(=O)NCCc2ccc(N3CCCCC3)cc2)c1. The maximum Gasteiger partial charge on any atom is 0.244 e. The molecule has 152 valence electrons. The monoisotopic (exact) mass is 404 g/mol. The van der Waals surface area contributed by atoms with E-state index in [0.29, 0.717) is 24.5 Å². The van der Waals surface area contributed by atoms with E-state index in [-0.39, 0.29) is 4.90 Å². The van der Waals surface area contributed by atoms with Gasteiger partial charge in [0.15, 0.2) is 0 Å². The van der Waals surface area contributed by atoms with E-state index in [9.17, 15) is 8.42 Å². The minimum absolute atomic E-state index is 0.0785. The summed E-state index contributed by atoms with van der Waals surface area (Å²) in [5, 5.41) is 0. The van der Waals surface area contributed by atoms with E-state index in [4.69, 9.17) is 9.47 Å². The Labute approximate surface area is 167 Å². The van der Waals surface area contributed by atoms with Crippen molar-refractivity contribution in [1.82, 2.24) is 4.72 Å². The number of rotatable bonds is 8. The molecular weight excluding hydrogens is 376 g/mol. The fourth-order valence-electron chi connectivity index (χ4n) is 3.43. The Morgan fingerprint density at radius 2 is 1.68 bits per heavy atom. The van der Waals surface area contributed by atoms with Crippen LogP contribution in [0.15, 0.2) is 47.4 Å². The lowest BCUT2D eigenvalue weighted by Crippen LogP contribution is -2.29. The number of nitrogens with zero attached hydrogens (tertiary/aromatic N) is 1. The molecule has 0 aromatic heterocycles. The Bertz CT molecular complexity index is 876. The largest absolute Gasteiger partial charge is 0.497 e. The minimum atomic E-state index is -3.69. The van der Waals surface area contributed by atoms with Gasteiger partial charge in [-0.15, -0.1) is 0 Å². The standard InChI is InChI=1S/C21H28N2O4S/c1-26-19-10-11-20(27-2)21(16-19)28(24,25)22-13-12-17-6-8-18(9-7-17)23-14-4-3-5-15-23/h6-11,16,22H,3-5,12-15H2,1-2H3. The zero-order valence-corrected chi connectivity index (χ0v) is 17.3. The molecule has 0 bridgehead atoms. The molecule has 28 heavy (non-hydrogen) atoms. The molecular formula is C21H28N2O4S. The summed E-state index contributed by atoms with van der Waals surface area (Å²) >= 11 is 0. The Morgan fingerprint density at radius 1 is 0.964 bits per heavy atom. The number of sulfonamides is 1. The summed E-state index contributed by atoms with van der Waals surface area (Å²) in [7, 11) is -0.746. The van der Waals surface area contributed by atoms with Crippen molar-refractivity contribution in [2.75, 3.05) is 38.8 Å². The van der Waals surface area contributed by atoms with Gasteiger partial charge in [0.2, 0.25) is 10.0 Å². The van der Waals surface area contributed by atoms with E-state index in [0.717, 1.165) is 18.7 Å². The summed E-state index contributed by atoms with van der Waals surface area (Å²) in [5.41, 5.74) is 2.34. The first kappa shape index (κ1) is 20.5. The van der Waals surface area contributed by atoms with Gasteiger partial charge < -0.3 is 14.4 Å². The highest BCUT2D eigenvalue weighted by molar-refractivity contribution is 7.89. The summed E-state index contributed by atoms with van der Waals surface area (Å²) in [6.07, 6.45) is 4.42. The van der Waals surface area contributed by atoms with Crippen LogP contribution in [0.1, 0.15) is 24.8 Å². The molecule has 1 saturated heterocycles. The van der Waals surface area contributed by atoms with Crippen molar-refractivity contribution < 1.29 is 17.9 Å². The van der Waals surface area contributed by atoms with Crippen molar-refractivity contribution in [3.8, 4) is 11.5 Å². The van der Waals surface area contributed by atoms with Crippen molar-refractivity contribution in [2.24, 2.45) is 0 Å². The predicted octanol–water partition coefficient (Wildman–Crippen LogP) is 3.22. The van der Waals surface area contributed by atoms with Gasteiger partial charge in [-0.3, -0.25) is 0 Å². The van der Waals surface area contributed by atoms with Crippen molar-refractivity contribution in [2.45, 2.75) is 30.6 Å². The Hall–Kier alpha value is -2.25. The van der Waals surface area contributed by atoms with Gasteiger partial charge in [0.25, 0.3) is 0 Å². The van der Waals surface area contributed by atoms with Crippen molar-refractivity contribution >= 4 is 15.7 Å². The predicted molar refractivity (Wildman–Crippen MR) is 111 cm³/mol. The fourth-order valence-corrected chi connectivity index (χ4v) is 4.64. The normalized spacial score (nSPS) is 14.7. The van der Waals surface area contributed by atoms with Crippen molar-refractivity contribution in [3.63, 3.8) is 0 Å². The zero-order valence-electron chi connectivity index (χ0n) is 16.5. The summed E-state index contributed by atoms with van der Waals surface area (Å²) in [5.74, 6) is 0.758. The molecule has 6 nitrogen and oxygen atoms in total. The third-order valence-corrected chi connectivity index (χ3v) is 6.51. The van der Waals surface area contributed by atoms with Crippen LogP contribution in [0.4, 0.5) is 5.69 Å². The summed E-state index contributed by atoms with van der Waals surface area (Å²) < 4.78 is 38.3. The molecule has 3 rings (SSSR count). The molecule has 1 heterocycles. The maximum atomic E-state index is 12.7. The van der Waals surface area contributed by atoms with Crippen molar-refractivity contribution in [1.29, 1.82) is 0 Å². The van der Waals surface area contributed by atoms with Gasteiger partial charge in [-0.25, -0.2) is 13.1 Å². The number of hydrogen-bond acceptors (Lipinski definition) is 5. The first-order valence-corrected chi connectivity index (χ1v) is 11.1. The molecule has 1 fully saturated rings. The first-order chi connectivity index (χ1) is 13.5. The lowest BCUT2D eigenvalue weighted by molar-refractivity contribution is 0.392. The molecule has 0 unspecified atom stereocenters. The molecule has 2 aromatic carbocycles. The first-order valence-electron chi connectivity index (χ1n) is 9.59. The molecule has 0 atom stereocenters. The van der Waals surface area contributed by atoms with E-state index in [2.05, 4.69) is 33.9 Å².